The van der Waals surface area contributed by atoms with Gasteiger partial charge in [-0.05, 0) is 12.6 Å². The minimum Gasteiger partial charge on any atom is -0.377 e. The molecule has 0 spiro atoms. The van der Waals surface area contributed by atoms with E-state index in [4.69, 9.17) is 4.89 Å². The molecule has 0 heterocycles. The summed E-state index contributed by atoms with van der Waals surface area (Å²) in [5.74, 6) is 0. The largest absolute Gasteiger partial charge is 0.377 e. The smallest absolute Gasteiger partial charge is 0.0107 e. The fourth-order valence-electron chi connectivity index (χ4n) is 2.58. The molecule has 0 aromatic rings. The maximum Gasteiger partial charge on any atom is 0.0107 e. The number of hydrogen-bond acceptors (Lipinski definition) is 1. The maximum atomic E-state index is 8.70. The average molecular weight is 288 g/mol. The van der Waals surface area contributed by atoms with Gasteiger partial charge in [-0.1, -0.05) is 96.8 Å². The highest BCUT2D eigenvalue weighted by Gasteiger charge is 1.94. The third kappa shape index (κ3) is 18.4. The highest BCUT2D eigenvalue weighted by molar-refractivity contribution is 7.31. The Hall–Kier alpha value is 0.390. The Morgan fingerprint density at radius 1 is 0.526 bits per heavy atom. The Kier molecular flexibility index (Phi) is 18.8. The quantitative estimate of drug-likeness (QED) is 0.256. The van der Waals surface area contributed by atoms with Crippen molar-refractivity contribution in [1.29, 1.82) is 0 Å². The van der Waals surface area contributed by atoms with Gasteiger partial charge in [0.05, 0.1) is 0 Å². The maximum absolute atomic E-state index is 8.70. The SMILES string of the molecule is CCCCCCCCCCCCCCCCCPO. The van der Waals surface area contributed by atoms with E-state index in [-0.39, 0.29) is 8.81 Å². The van der Waals surface area contributed by atoms with Gasteiger partial charge in [0.2, 0.25) is 0 Å². The van der Waals surface area contributed by atoms with Crippen LogP contribution in [0.3, 0.4) is 0 Å². The molecule has 0 fully saturated rings. The van der Waals surface area contributed by atoms with Crippen molar-refractivity contribution >= 4 is 8.81 Å². The summed E-state index contributed by atoms with van der Waals surface area (Å²) in [5, 5.41) is 0. The zero-order valence-corrected chi connectivity index (χ0v) is 14.3. The van der Waals surface area contributed by atoms with Crippen molar-refractivity contribution in [2.75, 3.05) is 6.16 Å². The minimum absolute atomic E-state index is 0.169. The van der Waals surface area contributed by atoms with E-state index in [2.05, 4.69) is 6.92 Å². The van der Waals surface area contributed by atoms with E-state index in [9.17, 15) is 0 Å². The third-order valence-electron chi connectivity index (χ3n) is 3.89. The molecule has 0 saturated carbocycles. The molecular weight excluding hydrogens is 251 g/mol. The molecule has 1 atom stereocenters. The Bertz CT molecular complexity index is 134. The van der Waals surface area contributed by atoms with Crippen molar-refractivity contribution in [3.63, 3.8) is 0 Å². The van der Waals surface area contributed by atoms with Crippen LogP contribution in [0.4, 0.5) is 0 Å². The van der Waals surface area contributed by atoms with Gasteiger partial charge in [-0.15, -0.1) is 0 Å². The molecule has 2 heteroatoms. The van der Waals surface area contributed by atoms with E-state index in [1.807, 2.05) is 0 Å². The Morgan fingerprint density at radius 2 is 0.842 bits per heavy atom. The topological polar surface area (TPSA) is 20.2 Å². The van der Waals surface area contributed by atoms with Crippen molar-refractivity contribution < 1.29 is 4.89 Å². The molecule has 0 amide bonds. The number of hydrogen-bond donors (Lipinski definition) is 1. The fraction of sp³-hybridized carbons (Fsp3) is 1.00. The summed E-state index contributed by atoms with van der Waals surface area (Å²) in [6, 6.07) is 0. The predicted octanol–water partition coefficient (Wildman–Crippen LogP) is 6.44. The Labute approximate surface area is 123 Å². The van der Waals surface area contributed by atoms with E-state index in [1.54, 1.807) is 0 Å². The first-order chi connectivity index (χ1) is 9.41. The zero-order chi connectivity index (χ0) is 14.0. The summed E-state index contributed by atoms with van der Waals surface area (Å²) in [4.78, 5) is 8.70. The second-order valence-corrected chi connectivity index (χ2v) is 6.67. The first-order valence-corrected chi connectivity index (χ1v) is 9.94. The Morgan fingerprint density at radius 3 is 1.16 bits per heavy atom. The van der Waals surface area contributed by atoms with Crippen LogP contribution in [0.2, 0.25) is 0 Å². The van der Waals surface area contributed by atoms with Crippen LogP contribution in [-0.2, 0) is 0 Å². The second-order valence-electron chi connectivity index (χ2n) is 5.86. The van der Waals surface area contributed by atoms with E-state index < -0.39 is 0 Å². The number of rotatable bonds is 16. The highest BCUT2D eigenvalue weighted by atomic mass is 31.1. The lowest BCUT2D eigenvalue weighted by molar-refractivity contribution is 0.534. The lowest BCUT2D eigenvalue weighted by atomic mass is 10.0. The predicted molar refractivity (Wildman–Crippen MR) is 90.3 cm³/mol. The summed E-state index contributed by atoms with van der Waals surface area (Å²) < 4.78 is 0. The molecule has 0 radical (unpaired) electrons. The van der Waals surface area contributed by atoms with Crippen LogP contribution in [0, 0.1) is 0 Å². The van der Waals surface area contributed by atoms with Crippen LogP contribution in [0.15, 0.2) is 0 Å². The monoisotopic (exact) mass is 288 g/mol. The molecular formula is C17H37OP. The number of unbranched alkanes of at least 4 members (excludes halogenated alkanes) is 14. The van der Waals surface area contributed by atoms with Crippen molar-refractivity contribution in [3.8, 4) is 0 Å². The zero-order valence-electron chi connectivity index (χ0n) is 13.3. The highest BCUT2D eigenvalue weighted by Crippen LogP contribution is 2.14. The van der Waals surface area contributed by atoms with E-state index >= 15 is 0 Å². The van der Waals surface area contributed by atoms with Gasteiger partial charge in [0.1, 0.15) is 0 Å². The van der Waals surface area contributed by atoms with E-state index in [0.29, 0.717) is 0 Å². The first kappa shape index (κ1) is 19.4. The molecule has 19 heavy (non-hydrogen) atoms. The molecule has 0 aliphatic heterocycles. The molecule has 0 rings (SSSR count). The molecule has 1 unspecified atom stereocenters. The van der Waals surface area contributed by atoms with Crippen LogP contribution in [0.1, 0.15) is 103 Å². The molecule has 0 aromatic carbocycles. The molecule has 0 bridgehead atoms. The van der Waals surface area contributed by atoms with Crippen LogP contribution in [-0.4, -0.2) is 11.1 Å². The van der Waals surface area contributed by atoms with Gasteiger partial charge in [0, 0.05) is 8.81 Å². The van der Waals surface area contributed by atoms with Crippen LogP contribution >= 0.6 is 8.81 Å². The van der Waals surface area contributed by atoms with Gasteiger partial charge < -0.3 is 4.89 Å². The van der Waals surface area contributed by atoms with Crippen molar-refractivity contribution in [1.82, 2.24) is 0 Å². The van der Waals surface area contributed by atoms with Crippen molar-refractivity contribution in [2.24, 2.45) is 0 Å². The van der Waals surface area contributed by atoms with Gasteiger partial charge in [0.25, 0.3) is 0 Å². The molecule has 0 aromatic heterocycles. The third-order valence-corrected chi connectivity index (χ3v) is 4.47. The molecule has 0 aliphatic carbocycles. The first-order valence-electron chi connectivity index (χ1n) is 8.78. The summed E-state index contributed by atoms with van der Waals surface area (Å²) >= 11 is 0. The molecule has 116 valence electrons. The molecule has 1 N–H and O–H groups in total. The standard InChI is InChI=1S/C17H37OP/c1-2-3-4-5-6-7-8-9-10-11-12-13-14-15-16-17-19-18/h18-19H,2-17H2,1H3. The lowest BCUT2D eigenvalue weighted by Crippen LogP contribution is -1.83. The van der Waals surface area contributed by atoms with Crippen LogP contribution in [0.5, 0.6) is 0 Å². The second kappa shape index (κ2) is 18.4. The summed E-state index contributed by atoms with van der Waals surface area (Å²) in [5.41, 5.74) is 0. The fourth-order valence-corrected chi connectivity index (χ4v) is 2.98. The summed E-state index contributed by atoms with van der Waals surface area (Å²) in [6.45, 7) is 2.28. The van der Waals surface area contributed by atoms with Crippen LogP contribution in [0.25, 0.3) is 0 Å². The van der Waals surface area contributed by atoms with Crippen LogP contribution < -0.4 is 0 Å². The van der Waals surface area contributed by atoms with Crippen molar-refractivity contribution in [3.05, 3.63) is 0 Å². The molecule has 0 saturated heterocycles. The van der Waals surface area contributed by atoms with Gasteiger partial charge in [-0.25, -0.2) is 0 Å². The summed E-state index contributed by atoms with van der Waals surface area (Å²) in [7, 11) is 0.169. The normalized spacial score (nSPS) is 11.7. The average Bonchev–Trinajstić information content (AvgIpc) is 2.43. The van der Waals surface area contributed by atoms with E-state index in [1.165, 1.54) is 96.3 Å². The molecule has 1 nitrogen and oxygen atoms in total. The summed E-state index contributed by atoms with van der Waals surface area (Å²) in [6.07, 6.45) is 22.2. The molecule has 0 aliphatic rings. The lowest BCUT2D eigenvalue weighted by Gasteiger charge is -2.03. The van der Waals surface area contributed by atoms with E-state index in [0.717, 1.165) is 6.16 Å². The minimum atomic E-state index is 0.169. The van der Waals surface area contributed by atoms with Gasteiger partial charge in [0.15, 0.2) is 0 Å². The van der Waals surface area contributed by atoms with Gasteiger partial charge in [-0.2, -0.15) is 0 Å². The Balaban J connectivity index is 2.88. The van der Waals surface area contributed by atoms with Crippen molar-refractivity contribution in [2.45, 2.75) is 103 Å². The van der Waals surface area contributed by atoms with Gasteiger partial charge in [-0.3, -0.25) is 0 Å². The van der Waals surface area contributed by atoms with Gasteiger partial charge >= 0.3 is 0 Å².